The number of nitrogens with one attached hydrogen (secondary N) is 2. The Morgan fingerprint density at radius 1 is 0.976 bits per heavy atom. The van der Waals surface area contributed by atoms with Gasteiger partial charge in [-0.25, -0.2) is 34.1 Å². The molecule has 0 saturated heterocycles. The Morgan fingerprint density at radius 2 is 1.74 bits per heavy atom. The second-order valence-electron chi connectivity index (χ2n) is 9.29. The van der Waals surface area contributed by atoms with Gasteiger partial charge in [-0.1, -0.05) is 0 Å². The first-order valence-corrected chi connectivity index (χ1v) is 13.6. The van der Waals surface area contributed by atoms with Gasteiger partial charge in [-0.15, -0.1) is 11.3 Å². The minimum absolute atomic E-state index is 0.00197. The molecule has 2 amide bonds. The van der Waals surface area contributed by atoms with Crippen molar-refractivity contribution in [3.8, 4) is 22.2 Å². The van der Waals surface area contributed by atoms with Gasteiger partial charge in [0, 0.05) is 24.7 Å². The lowest BCUT2D eigenvalue weighted by Gasteiger charge is -2.22. The van der Waals surface area contributed by atoms with E-state index < -0.39 is 30.0 Å². The molecule has 216 valence electrons. The molecule has 5 aromatic rings. The highest BCUT2D eigenvalue weighted by Gasteiger charge is 2.22. The largest absolute Gasteiger partial charge is 0.484 e. The van der Waals surface area contributed by atoms with E-state index in [9.17, 15) is 9.59 Å². The summed E-state index contributed by atoms with van der Waals surface area (Å²) in [6.07, 6.45) is 1.86. The van der Waals surface area contributed by atoms with Crippen LogP contribution in [0.25, 0.3) is 31.8 Å². The van der Waals surface area contributed by atoms with E-state index in [0.717, 1.165) is 11.1 Å². The molecule has 2 aromatic carbocycles. The summed E-state index contributed by atoms with van der Waals surface area (Å²) in [6, 6.07) is 6.76. The summed E-state index contributed by atoms with van der Waals surface area (Å²) < 4.78 is 32.2. The number of carbonyl (C=O) groups is 2. The lowest BCUT2D eigenvalue weighted by molar-refractivity contribution is 0.0402. The van der Waals surface area contributed by atoms with Gasteiger partial charge in [0.1, 0.15) is 17.2 Å². The van der Waals surface area contributed by atoms with Crippen molar-refractivity contribution in [1.82, 2.24) is 30.2 Å². The van der Waals surface area contributed by atoms with E-state index in [1.54, 1.807) is 26.1 Å². The van der Waals surface area contributed by atoms with Gasteiger partial charge in [0.25, 0.3) is 5.91 Å². The zero-order chi connectivity index (χ0) is 30.0. The highest BCUT2D eigenvalue weighted by atomic mass is 32.1. The molecule has 14 heteroatoms. The van der Waals surface area contributed by atoms with Gasteiger partial charge < -0.3 is 19.5 Å². The molecule has 0 aliphatic heterocycles. The van der Waals surface area contributed by atoms with Crippen molar-refractivity contribution >= 4 is 50.3 Å². The number of benzene rings is 2. The molecular weight excluding hydrogens is 565 g/mol. The van der Waals surface area contributed by atoms with Crippen LogP contribution in [0.1, 0.15) is 30.0 Å². The first-order chi connectivity index (χ1) is 20.1. The fraction of sp³-hybridized carbons (Fsp3) is 0.250. The van der Waals surface area contributed by atoms with Crippen LogP contribution in [0.15, 0.2) is 42.9 Å². The number of hydrogen-bond donors (Lipinski definition) is 2. The number of thiazole rings is 1. The standard InChI is InChI=1S/C28H26FN7O5S/c1-13-6-17(24-20(7-13)35-23(39-5)12-31-24)27-36-19-8-18(29)21(9-22(19)42-27)40-14(2)15(3)41-28(38)34-16-10-32-25(33-11-16)26(37)30-4/h6-12,14-15H,1-5H3,(H,30,37)(H,34,38)/t14-,15+/m0/s1. The van der Waals surface area contributed by atoms with Gasteiger partial charge >= 0.3 is 6.09 Å². The van der Waals surface area contributed by atoms with Crippen molar-refractivity contribution in [2.45, 2.75) is 33.0 Å². The van der Waals surface area contributed by atoms with Crippen molar-refractivity contribution in [1.29, 1.82) is 0 Å². The van der Waals surface area contributed by atoms with Gasteiger partial charge in [-0.3, -0.25) is 10.1 Å². The zero-order valence-corrected chi connectivity index (χ0v) is 24.1. The number of halogens is 1. The van der Waals surface area contributed by atoms with Crippen molar-refractivity contribution in [3.63, 3.8) is 0 Å². The number of carbonyl (C=O) groups excluding carboxylic acids is 2. The minimum atomic E-state index is -0.789. The Morgan fingerprint density at radius 3 is 2.45 bits per heavy atom. The van der Waals surface area contributed by atoms with E-state index in [1.165, 1.54) is 44.0 Å². The monoisotopic (exact) mass is 591 g/mol. The predicted molar refractivity (Wildman–Crippen MR) is 154 cm³/mol. The van der Waals surface area contributed by atoms with Crippen molar-refractivity contribution < 1.29 is 28.2 Å². The maximum Gasteiger partial charge on any atom is 0.412 e. The summed E-state index contributed by atoms with van der Waals surface area (Å²) in [4.78, 5) is 45.3. The van der Waals surface area contributed by atoms with Crippen LogP contribution in [-0.2, 0) is 4.74 Å². The molecule has 0 bridgehead atoms. The smallest absolute Gasteiger partial charge is 0.412 e. The average molecular weight is 592 g/mol. The molecule has 0 saturated carbocycles. The molecular formula is C28H26FN7O5S. The predicted octanol–water partition coefficient (Wildman–Crippen LogP) is 4.92. The van der Waals surface area contributed by atoms with Crippen LogP contribution in [0.4, 0.5) is 14.9 Å². The third-order valence-corrected chi connectivity index (χ3v) is 7.30. The summed E-state index contributed by atoms with van der Waals surface area (Å²) in [5.74, 6) is -0.696. The van der Waals surface area contributed by atoms with Crippen molar-refractivity contribution in [2.75, 3.05) is 19.5 Å². The van der Waals surface area contributed by atoms with Gasteiger partial charge in [0.05, 0.1) is 52.6 Å². The number of methoxy groups -OCH3 is 1. The van der Waals surface area contributed by atoms with Crippen LogP contribution in [0, 0.1) is 12.7 Å². The fourth-order valence-electron chi connectivity index (χ4n) is 3.97. The lowest BCUT2D eigenvalue weighted by Crippen LogP contribution is -2.32. The van der Waals surface area contributed by atoms with Gasteiger partial charge in [0.15, 0.2) is 11.6 Å². The van der Waals surface area contributed by atoms with E-state index >= 15 is 4.39 Å². The second kappa shape index (κ2) is 11.9. The number of aryl methyl sites for hydroxylation is 1. The summed E-state index contributed by atoms with van der Waals surface area (Å²) in [5.41, 5.74) is 3.77. The number of nitrogens with zero attached hydrogens (tertiary/aromatic N) is 5. The van der Waals surface area contributed by atoms with Crippen molar-refractivity contribution in [2.24, 2.45) is 0 Å². The number of fused-ring (bicyclic) bond motifs is 2. The quantitative estimate of drug-likeness (QED) is 0.255. The Kier molecular flexibility index (Phi) is 8.06. The third kappa shape index (κ3) is 6.02. The number of aromatic nitrogens is 5. The van der Waals surface area contributed by atoms with Crippen molar-refractivity contribution in [3.05, 3.63) is 60.1 Å². The summed E-state index contributed by atoms with van der Waals surface area (Å²) >= 11 is 1.37. The van der Waals surface area contributed by atoms with Gasteiger partial charge in [0.2, 0.25) is 11.7 Å². The van der Waals surface area contributed by atoms with E-state index in [0.29, 0.717) is 32.1 Å². The van der Waals surface area contributed by atoms with Crippen LogP contribution in [0.2, 0.25) is 0 Å². The minimum Gasteiger partial charge on any atom is -0.484 e. The normalized spacial score (nSPS) is 12.5. The summed E-state index contributed by atoms with van der Waals surface area (Å²) in [7, 11) is 2.99. The lowest BCUT2D eigenvalue weighted by atomic mass is 10.1. The van der Waals surface area contributed by atoms with Crippen LogP contribution >= 0.6 is 11.3 Å². The molecule has 0 spiro atoms. The Balaban J connectivity index is 1.30. The van der Waals surface area contributed by atoms with E-state index in [2.05, 4.69) is 35.6 Å². The van der Waals surface area contributed by atoms with Gasteiger partial charge in [-0.2, -0.15) is 0 Å². The summed E-state index contributed by atoms with van der Waals surface area (Å²) in [6.45, 7) is 5.23. The number of hydrogen-bond acceptors (Lipinski definition) is 11. The topological polar surface area (TPSA) is 150 Å². The Bertz CT molecular complexity index is 1800. The number of anilines is 1. The molecule has 12 nitrogen and oxygen atoms in total. The van der Waals surface area contributed by atoms with Gasteiger partial charge in [-0.05, 0) is 38.5 Å². The number of amides is 2. The first kappa shape index (κ1) is 28.5. The van der Waals surface area contributed by atoms with Crippen LogP contribution in [0.5, 0.6) is 11.6 Å². The van der Waals surface area contributed by atoms with E-state index in [1.807, 2.05) is 19.1 Å². The van der Waals surface area contributed by atoms with Crippen LogP contribution < -0.4 is 20.1 Å². The molecule has 0 radical (unpaired) electrons. The average Bonchev–Trinajstić information content (AvgIpc) is 3.38. The molecule has 0 fully saturated rings. The number of ether oxygens (including phenoxy) is 3. The van der Waals surface area contributed by atoms with Crippen LogP contribution in [0.3, 0.4) is 0 Å². The second-order valence-corrected chi connectivity index (χ2v) is 10.3. The highest BCUT2D eigenvalue weighted by molar-refractivity contribution is 7.21. The highest BCUT2D eigenvalue weighted by Crippen LogP contribution is 2.37. The molecule has 2 N–H and O–H groups in total. The SMILES string of the molecule is CNC(=O)c1ncc(NC(=O)O[C@H](C)[C@H](C)Oc2cc3sc(-c4cc(C)cc5nc(OC)cnc45)nc3cc2F)cn1. The summed E-state index contributed by atoms with van der Waals surface area (Å²) in [5, 5.41) is 5.54. The maximum atomic E-state index is 15.1. The molecule has 0 unspecified atom stereocenters. The Hall–Kier alpha value is -4.98. The maximum absolute atomic E-state index is 15.1. The fourth-order valence-corrected chi connectivity index (χ4v) is 4.97. The molecule has 42 heavy (non-hydrogen) atoms. The molecule has 0 aliphatic carbocycles. The molecule has 2 atom stereocenters. The Labute approximate surface area is 243 Å². The van der Waals surface area contributed by atoms with Crippen LogP contribution in [-0.4, -0.2) is 63.3 Å². The first-order valence-electron chi connectivity index (χ1n) is 12.8. The number of rotatable bonds is 8. The third-order valence-electron chi connectivity index (χ3n) is 6.25. The molecule has 0 aliphatic rings. The molecule has 3 heterocycles. The molecule has 5 rings (SSSR count). The van der Waals surface area contributed by atoms with E-state index in [-0.39, 0.29) is 17.3 Å². The molecule has 3 aromatic heterocycles. The van der Waals surface area contributed by atoms with E-state index in [4.69, 9.17) is 14.2 Å². The zero-order valence-electron chi connectivity index (χ0n) is 23.3.